The molecule has 1 aromatic rings. The average molecular weight is 399 g/mol. The topological polar surface area (TPSA) is 64.7 Å². The number of nitrogens with one attached hydrogen (secondary N) is 2. The maximum absolute atomic E-state index is 12.5. The Morgan fingerprint density at radius 1 is 1.12 bits per heavy atom. The summed E-state index contributed by atoms with van der Waals surface area (Å²) in [6, 6.07) is 5.10. The first kappa shape index (κ1) is 19.4. The summed E-state index contributed by atoms with van der Waals surface area (Å²) in [6.07, 6.45) is 2.20. The molecule has 1 saturated heterocycles. The van der Waals surface area contributed by atoms with Crippen molar-refractivity contribution in [2.45, 2.75) is 31.8 Å². The summed E-state index contributed by atoms with van der Waals surface area (Å²) in [5.74, 6) is 0.00726. The van der Waals surface area contributed by atoms with Crippen LogP contribution in [0.25, 0.3) is 0 Å². The van der Waals surface area contributed by atoms with Crippen LogP contribution in [-0.4, -0.2) is 66.4 Å². The minimum absolute atomic E-state index is 0.0942. The van der Waals surface area contributed by atoms with E-state index in [1.54, 1.807) is 18.2 Å². The number of rotatable bonds is 6. The molecule has 0 unspecified atom stereocenters. The zero-order valence-corrected chi connectivity index (χ0v) is 16.3. The second-order valence-electron chi connectivity index (χ2n) is 6.98. The van der Waals surface area contributed by atoms with Crippen LogP contribution in [0.3, 0.4) is 0 Å². The van der Waals surface area contributed by atoms with E-state index in [4.69, 9.17) is 23.2 Å². The molecule has 2 amide bonds. The van der Waals surface area contributed by atoms with Gasteiger partial charge in [-0.15, -0.1) is 0 Å². The Balaban J connectivity index is 1.45. The Morgan fingerprint density at radius 2 is 1.73 bits per heavy atom. The zero-order chi connectivity index (χ0) is 18.7. The Morgan fingerprint density at radius 3 is 2.31 bits per heavy atom. The second-order valence-corrected chi connectivity index (χ2v) is 7.85. The number of nitrogens with zero attached hydrogens (tertiary/aromatic N) is 2. The molecule has 8 heteroatoms. The molecule has 0 bridgehead atoms. The van der Waals surface area contributed by atoms with Gasteiger partial charge in [0.1, 0.15) is 0 Å². The minimum Gasteiger partial charge on any atom is -0.352 e. The van der Waals surface area contributed by atoms with Crippen LogP contribution in [0.5, 0.6) is 0 Å². The van der Waals surface area contributed by atoms with E-state index >= 15 is 0 Å². The van der Waals surface area contributed by atoms with Gasteiger partial charge in [-0.25, -0.2) is 0 Å². The van der Waals surface area contributed by atoms with Gasteiger partial charge in [-0.3, -0.25) is 19.4 Å². The molecular formula is C18H24Cl2N4O2. The number of carbonyl (C=O) groups is 2. The first-order valence-corrected chi connectivity index (χ1v) is 9.69. The average Bonchev–Trinajstić information content (AvgIpc) is 3.37. The van der Waals surface area contributed by atoms with E-state index in [9.17, 15) is 9.59 Å². The molecule has 2 aliphatic rings. The van der Waals surface area contributed by atoms with Gasteiger partial charge in [0.25, 0.3) is 0 Å². The summed E-state index contributed by atoms with van der Waals surface area (Å²) in [5, 5.41) is 6.84. The number of carbonyl (C=O) groups excluding carboxylic acids is 2. The van der Waals surface area contributed by atoms with E-state index in [0.29, 0.717) is 28.3 Å². The van der Waals surface area contributed by atoms with E-state index in [-0.39, 0.29) is 17.9 Å². The first-order valence-electron chi connectivity index (χ1n) is 8.93. The van der Waals surface area contributed by atoms with Gasteiger partial charge in [0.15, 0.2) is 0 Å². The molecule has 0 radical (unpaired) electrons. The lowest BCUT2D eigenvalue weighted by Gasteiger charge is -2.37. The summed E-state index contributed by atoms with van der Waals surface area (Å²) in [4.78, 5) is 28.7. The molecule has 142 valence electrons. The van der Waals surface area contributed by atoms with Crippen LogP contribution < -0.4 is 10.6 Å². The van der Waals surface area contributed by atoms with Crippen LogP contribution >= 0.6 is 23.2 Å². The number of hydrogen-bond acceptors (Lipinski definition) is 4. The van der Waals surface area contributed by atoms with E-state index in [1.165, 1.54) is 0 Å². The summed E-state index contributed by atoms with van der Waals surface area (Å²) >= 11 is 11.9. The van der Waals surface area contributed by atoms with Crippen molar-refractivity contribution in [3.05, 3.63) is 28.2 Å². The van der Waals surface area contributed by atoms with Crippen LogP contribution in [0.4, 0.5) is 5.69 Å². The molecule has 1 aliphatic carbocycles. The predicted molar refractivity (Wildman–Crippen MR) is 104 cm³/mol. The third-order valence-electron chi connectivity index (χ3n) is 4.77. The number of piperazine rings is 1. The van der Waals surface area contributed by atoms with Crippen molar-refractivity contribution < 1.29 is 9.59 Å². The number of halogens is 2. The molecule has 1 heterocycles. The monoisotopic (exact) mass is 398 g/mol. The van der Waals surface area contributed by atoms with Gasteiger partial charge in [-0.05, 0) is 38.0 Å². The van der Waals surface area contributed by atoms with Gasteiger partial charge in [0.05, 0.1) is 12.6 Å². The molecule has 1 aromatic carbocycles. The van der Waals surface area contributed by atoms with Crippen molar-refractivity contribution in [3.63, 3.8) is 0 Å². The van der Waals surface area contributed by atoms with E-state index < -0.39 is 0 Å². The van der Waals surface area contributed by atoms with Crippen LogP contribution in [0.2, 0.25) is 10.0 Å². The SMILES string of the molecule is C[C@H](C(=O)Nc1cc(Cl)cc(Cl)c1)N1CCN(CC(=O)NC2CC2)CC1. The van der Waals surface area contributed by atoms with Crippen molar-refractivity contribution >= 4 is 40.7 Å². The van der Waals surface area contributed by atoms with Crippen LogP contribution in [0.1, 0.15) is 19.8 Å². The summed E-state index contributed by atoms with van der Waals surface area (Å²) in [7, 11) is 0. The van der Waals surface area contributed by atoms with Gasteiger partial charge in [0.2, 0.25) is 11.8 Å². The molecular weight excluding hydrogens is 375 g/mol. The molecule has 3 rings (SSSR count). The van der Waals surface area contributed by atoms with E-state index in [0.717, 1.165) is 39.0 Å². The third-order valence-corrected chi connectivity index (χ3v) is 5.21. The smallest absolute Gasteiger partial charge is 0.241 e. The highest BCUT2D eigenvalue weighted by atomic mass is 35.5. The highest BCUT2D eigenvalue weighted by molar-refractivity contribution is 6.35. The standard InChI is InChI=1S/C18H24Cl2N4O2/c1-12(18(26)22-16-9-13(19)8-14(20)10-16)24-6-4-23(5-7-24)11-17(25)21-15-2-3-15/h8-10,12,15H,2-7,11H2,1H3,(H,21,25)(H,22,26)/t12-/m1/s1. The lowest BCUT2D eigenvalue weighted by atomic mass is 10.2. The fourth-order valence-corrected chi connectivity index (χ4v) is 3.58. The number of benzene rings is 1. The lowest BCUT2D eigenvalue weighted by molar-refractivity contribution is -0.124. The first-order chi connectivity index (χ1) is 12.4. The normalized spacial score (nSPS) is 19.8. The van der Waals surface area contributed by atoms with Crippen molar-refractivity contribution in [2.75, 3.05) is 38.0 Å². The molecule has 26 heavy (non-hydrogen) atoms. The predicted octanol–water partition coefficient (Wildman–Crippen LogP) is 2.22. The molecule has 1 saturated carbocycles. The number of hydrogen-bond donors (Lipinski definition) is 2. The summed E-state index contributed by atoms with van der Waals surface area (Å²) < 4.78 is 0. The molecule has 2 fully saturated rings. The Bertz CT molecular complexity index is 653. The van der Waals surface area contributed by atoms with Gasteiger partial charge >= 0.3 is 0 Å². The van der Waals surface area contributed by atoms with Gasteiger partial charge in [-0.1, -0.05) is 23.2 Å². The Labute approximate surface area is 163 Å². The Kier molecular flexibility index (Phi) is 6.40. The Hall–Kier alpha value is -1.34. The van der Waals surface area contributed by atoms with Gasteiger partial charge < -0.3 is 10.6 Å². The van der Waals surface area contributed by atoms with Crippen molar-refractivity contribution in [1.29, 1.82) is 0 Å². The summed E-state index contributed by atoms with van der Waals surface area (Å²) in [6.45, 7) is 5.38. The van der Waals surface area contributed by atoms with Gasteiger partial charge in [0, 0.05) is 48.0 Å². The van der Waals surface area contributed by atoms with Crippen LogP contribution in [-0.2, 0) is 9.59 Å². The highest BCUT2D eigenvalue weighted by Gasteiger charge is 2.28. The van der Waals surface area contributed by atoms with E-state index in [2.05, 4.69) is 20.4 Å². The highest BCUT2D eigenvalue weighted by Crippen LogP contribution is 2.23. The fourth-order valence-electron chi connectivity index (χ4n) is 3.05. The minimum atomic E-state index is -0.268. The molecule has 0 aromatic heterocycles. The largest absolute Gasteiger partial charge is 0.352 e. The number of anilines is 1. The zero-order valence-electron chi connectivity index (χ0n) is 14.8. The van der Waals surface area contributed by atoms with Crippen molar-refractivity contribution in [3.8, 4) is 0 Å². The molecule has 1 aliphatic heterocycles. The number of amides is 2. The lowest BCUT2D eigenvalue weighted by Crippen LogP contribution is -2.54. The van der Waals surface area contributed by atoms with Crippen molar-refractivity contribution in [1.82, 2.24) is 15.1 Å². The molecule has 1 atom stereocenters. The molecule has 0 spiro atoms. The van der Waals surface area contributed by atoms with Crippen LogP contribution in [0, 0.1) is 0 Å². The molecule has 2 N–H and O–H groups in total. The van der Waals surface area contributed by atoms with Gasteiger partial charge in [-0.2, -0.15) is 0 Å². The summed E-state index contributed by atoms with van der Waals surface area (Å²) in [5.41, 5.74) is 0.592. The maximum atomic E-state index is 12.5. The second kappa shape index (κ2) is 8.57. The van der Waals surface area contributed by atoms with E-state index in [1.807, 2.05) is 6.92 Å². The maximum Gasteiger partial charge on any atom is 0.241 e. The third kappa shape index (κ3) is 5.58. The van der Waals surface area contributed by atoms with Crippen LogP contribution in [0.15, 0.2) is 18.2 Å². The quantitative estimate of drug-likeness (QED) is 0.770. The fraction of sp³-hybridized carbons (Fsp3) is 0.556. The molecule has 6 nitrogen and oxygen atoms in total. The van der Waals surface area contributed by atoms with Crippen molar-refractivity contribution in [2.24, 2.45) is 0 Å².